The molecule has 17 heavy (non-hydrogen) atoms. The molecule has 1 aliphatic rings. The van der Waals surface area contributed by atoms with Crippen LogP contribution in [0.15, 0.2) is 24.3 Å². The topological polar surface area (TPSA) is 3.24 Å². The van der Waals surface area contributed by atoms with Crippen molar-refractivity contribution >= 4 is 6.08 Å². The largest absolute Gasteiger partial charge is 0.306 e. The third kappa shape index (κ3) is 3.19. The highest BCUT2D eigenvalue weighted by Crippen LogP contribution is 2.20. The zero-order chi connectivity index (χ0) is 12.3. The van der Waals surface area contributed by atoms with Crippen molar-refractivity contribution in [2.45, 2.75) is 26.7 Å². The Morgan fingerprint density at radius 1 is 1.24 bits per heavy atom. The lowest BCUT2D eigenvalue weighted by molar-refractivity contribution is 0.238. The normalized spacial score (nSPS) is 22.2. The summed E-state index contributed by atoms with van der Waals surface area (Å²) < 4.78 is 0. The third-order valence-corrected chi connectivity index (χ3v) is 3.74. The van der Waals surface area contributed by atoms with Crippen molar-refractivity contribution in [2.75, 3.05) is 20.1 Å². The predicted octanol–water partition coefficient (Wildman–Crippen LogP) is 3.66. The van der Waals surface area contributed by atoms with Crippen LogP contribution >= 0.6 is 0 Å². The average Bonchev–Trinajstić information content (AvgIpc) is 2.28. The number of benzene rings is 1. The van der Waals surface area contributed by atoms with E-state index in [-0.39, 0.29) is 0 Å². The summed E-state index contributed by atoms with van der Waals surface area (Å²) in [6, 6.07) is 6.52. The highest BCUT2D eigenvalue weighted by atomic mass is 15.1. The Morgan fingerprint density at radius 2 is 1.94 bits per heavy atom. The summed E-state index contributed by atoms with van der Waals surface area (Å²) in [6.07, 6.45) is 7.41. The Bertz CT molecular complexity index is 386. The van der Waals surface area contributed by atoms with Crippen molar-refractivity contribution in [1.29, 1.82) is 0 Å². The van der Waals surface area contributed by atoms with Crippen LogP contribution < -0.4 is 0 Å². The van der Waals surface area contributed by atoms with Gasteiger partial charge in [-0.15, -0.1) is 0 Å². The van der Waals surface area contributed by atoms with Crippen LogP contribution in [0.4, 0.5) is 0 Å². The monoisotopic (exact) mass is 229 g/mol. The standard InChI is InChI=1S/C16H23N/c1-13-6-4-7-14(2)16(13)10-9-15-8-5-11-17(3)12-15/h4,6-7,9-10,15H,5,8,11-12H2,1-3H3/b10-9+. The minimum atomic E-state index is 0.729. The molecular weight excluding hydrogens is 206 g/mol. The molecule has 0 aromatic heterocycles. The maximum absolute atomic E-state index is 2.43. The molecule has 1 aromatic carbocycles. The van der Waals surface area contributed by atoms with Gasteiger partial charge in [0.15, 0.2) is 0 Å². The molecule has 0 saturated carbocycles. The third-order valence-electron chi connectivity index (χ3n) is 3.74. The van der Waals surface area contributed by atoms with Gasteiger partial charge in [0.2, 0.25) is 0 Å². The van der Waals surface area contributed by atoms with Crippen LogP contribution in [0.2, 0.25) is 0 Å². The van der Waals surface area contributed by atoms with Crippen LogP contribution in [-0.2, 0) is 0 Å². The smallest absolute Gasteiger partial charge is 0.00414 e. The molecule has 1 unspecified atom stereocenters. The van der Waals surface area contributed by atoms with Gasteiger partial charge in [-0.3, -0.25) is 0 Å². The first kappa shape index (κ1) is 12.4. The van der Waals surface area contributed by atoms with Crippen molar-refractivity contribution in [2.24, 2.45) is 5.92 Å². The Hall–Kier alpha value is -1.08. The van der Waals surface area contributed by atoms with Crippen LogP contribution in [-0.4, -0.2) is 25.0 Å². The molecule has 0 aliphatic carbocycles. The fourth-order valence-corrected chi connectivity index (χ4v) is 2.69. The van der Waals surface area contributed by atoms with Gasteiger partial charge in [0, 0.05) is 6.54 Å². The Labute approximate surface area is 105 Å². The fraction of sp³-hybridized carbons (Fsp3) is 0.500. The maximum atomic E-state index is 2.43. The number of nitrogens with zero attached hydrogens (tertiary/aromatic N) is 1. The molecule has 0 radical (unpaired) electrons. The second-order valence-corrected chi connectivity index (χ2v) is 5.33. The summed E-state index contributed by atoms with van der Waals surface area (Å²) in [5.74, 6) is 0.729. The van der Waals surface area contributed by atoms with Crippen LogP contribution in [0, 0.1) is 19.8 Å². The lowest BCUT2D eigenvalue weighted by Crippen LogP contribution is -2.30. The van der Waals surface area contributed by atoms with Crippen LogP contribution in [0.1, 0.15) is 29.5 Å². The minimum Gasteiger partial charge on any atom is -0.306 e. The lowest BCUT2D eigenvalue weighted by atomic mass is 9.95. The molecule has 0 amide bonds. The van der Waals surface area contributed by atoms with Crippen molar-refractivity contribution in [3.63, 3.8) is 0 Å². The van der Waals surface area contributed by atoms with Crippen molar-refractivity contribution in [3.05, 3.63) is 41.0 Å². The highest BCUT2D eigenvalue weighted by molar-refractivity contribution is 5.57. The molecule has 1 heterocycles. The second kappa shape index (κ2) is 5.50. The van der Waals surface area contributed by atoms with Gasteiger partial charge < -0.3 is 4.90 Å². The summed E-state index contributed by atoms with van der Waals surface area (Å²) in [4.78, 5) is 2.43. The summed E-state index contributed by atoms with van der Waals surface area (Å²) in [6.45, 7) is 6.86. The molecule has 0 spiro atoms. The van der Waals surface area contributed by atoms with E-state index in [0.717, 1.165) is 5.92 Å². The minimum absolute atomic E-state index is 0.729. The zero-order valence-corrected chi connectivity index (χ0v) is 11.2. The van der Waals surface area contributed by atoms with Gasteiger partial charge in [-0.05, 0) is 62.9 Å². The number of rotatable bonds is 2. The van der Waals surface area contributed by atoms with E-state index in [9.17, 15) is 0 Å². The van der Waals surface area contributed by atoms with E-state index in [1.807, 2.05) is 0 Å². The van der Waals surface area contributed by atoms with E-state index in [1.165, 1.54) is 42.6 Å². The molecule has 0 bridgehead atoms. The van der Waals surface area contributed by atoms with Crippen LogP contribution in [0.25, 0.3) is 6.08 Å². The van der Waals surface area contributed by atoms with Gasteiger partial charge in [-0.2, -0.15) is 0 Å². The Morgan fingerprint density at radius 3 is 2.59 bits per heavy atom. The van der Waals surface area contributed by atoms with E-state index in [4.69, 9.17) is 0 Å². The summed E-state index contributed by atoms with van der Waals surface area (Å²) >= 11 is 0. The quantitative estimate of drug-likeness (QED) is 0.748. The predicted molar refractivity (Wildman–Crippen MR) is 75.2 cm³/mol. The van der Waals surface area contributed by atoms with Crippen LogP contribution in [0.3, 0.4) is 0 Å². The van der Waals surface area contributed by atoms with E-state index in [1.54, 1.807) is 0 Å². The van der Waals surface area contributed by atoms with E-state index >= 15 is 0 Å². The van der Waals surface area contributed by atoms with E-state index in [2.05, 4.69) is 56.1 Å². The van der Waals surface area contributed by atoms with Gasteiger partial charge in [-0.25, -0.2) is 0 Å². The van der Waals surface area contributed by atoms with Crippen molar-refractivity contribution in [3.8, 4) is 0 Å². The van der Waals surface area contributed by atoms with Crippen molar-refractivity contribution < 1.29 is 0 Å². The molecule has 1 nitrogen and oxygen atoms in total. The first-order valence-electron chi connectivity index (χ1n) is 6.60. The summed E-state index contributed by atoms with van der Waals surface area (Å²) in [7, 11) is 2.22. The molecule has 0 N–H and O–H groups in total. The van der Waals surface area contributed by atoms with E-state index < -0.39 is 0 Å². The summed E-state index contributed by atoms with van der Waals surface area (Å²) in [5, 5.41) is 0. The highest BCUT2D eigenvalue weighted by Gasteiger charge is 2.14. The average molecular weight is 229 g/mol. The SMILES string of the molecule is Cc1cccc(C)c1/C=C/C1CCCN(C)C1. The Balaban J connectivity index is 2.09. The van der Waals surface area contributed by atoms with Gasteiger partial charge >= 0.3 is 0 Å². The van der Waals surface area contributed by atoms with Gasteiger partial charge in [0.05, 0.1) is 0 Å². The second-order valence-electron chi connectivity index (χ2n) is 5.33. The molecule has 2 rings (SSSR count). The molecular formula is C16H23N. The molecule has 92 valence electrons. The lowest BCUT2D eigenvalue weighted by Gasteiger charge is -2.27. The Kier molecular flexibility index (Phi) is 4.01. The number of piperidine rings is 1. The molecule has 1 heteroatoms. The molecule has 1 fully saturated rings. The number of hydrogen-bond acceptors (Lipinski definition) is 1. The zero-order valence-electron chi connectivity index (χ0n) is 11.2. The number of aryl methyl sites for hydroxylation is 2. The van der Waals surface area contributed by atoms with Gasteiger partial charge in [0.1, 0.15) is 0 Å². The first-order chi connectivity index (χ1) is 8.16. The number of likely N-dealkylation sites (tertiary alicyclic amines) is 1. The molecule has 1 aromatic rings. The number of hydrogen-bond donors (Lipinski definition) is 0. The van der Waals surface area contributed by atoms with Gasteiger partial charge in [-0.1, -0.05) is 30.4 Å². The van der Waals surface area contributed by atoms with Crippen molar-refractivity contribution in [1.82, 2.24) is 4.90 Å². The van der Waals surface area contributed by atoms with Gasteiger partial charge in [0.25, 0.3) is 0 Å². The maximum Gasteiger partial charge on any atom is 0.00414 e. The first-order valence-corrected chi connectivity index (χ1v) is 6.60. The van der Waals surface area contributed by atoms with Crippen LogP contribution in [0.5, 0.6) is 0 Å². The van der Waals surface area contributed by atoms with E-state index in [0.29, 0.717) is 0 Å². The summed E-state index contributed by atoms with van der Waals surface area (Å²) in [5.41, 5.74) is 4.16. The fourth-order valence-electron chi connectivity index (χ4n) is 2.69. The molecule has 1 atom stereocenters. The molecule has 1 aliphatic heterocycles. The molecule has 1 saturated heterocycles.